The van der Waals surface area contributed by atoms with Crippen molar-refractivity contribution in [2.45, 2.75) is 83.4 Å². The van der Waals surface area contributed by atoms with Crippen LogP contribution in [0.25, 0.3) is 11.0 Å². The van der Waals surface area contributed by atoms with E-state index in [2.05, 4.69) is 10.2 Å². The number of hydrogen-bond acceptors (Lipinski definition) is 10. The Kier molecular flexibility index (Phi) is 14.6. The molecule has 13 nitrogen and oxygen atoms in total. The second-order valence-corrected chi connectivity index (χ2v) is 13.5. The molecule has 1 aliphatic heterocycles. The topological polar surface area (TPSA) is 140 Å². The summed E-state index contributed by atoms with van der Waals surface area (Å²) in [5.74, 6) is -0.243. The van der Waals surface area contributed by atoms with Gasteiger partial charge in [-0.1, -0.05) is 12.1 Å². The normalized spacial score (nSPS) is 18.1. The average molecular weight is 675 g/mol. The monoisotopic (exact) mass is 674 g/mol. The molecule has 13 heteroatoms. The van der Waals surface area contributed by atoms with E-state index in [9.17, 15) is 19.2 Å². The Labute approximate surface area is 283 Å². The van der Waals surface area contributed by atoms with Crippen molar-refractivity contribution < 1.29 is 38.1 Å². The van der Waals surface area contributed by atoms with E-state index in [1.54, 1.807) is 16.2 Å². The number of aromatic nitrogens is 2. The molecule has 0 bridgehead atoms. The van der Waals surface area contributed by atoms with Gasteiger partial charge in [-0.25, -0.2) is 9.59 Å². The van der Waals surface area contributed by atoms with Gasteiger partial charge < -0.3 is 33.9 Å². The summed E-state index contributed by atoms with van der Waals surface area (Å²) < 4.78 is 31.2. The lowest BCUT2D eigenvalue weighted by Crippen LogP contribution is -2.46. The van der Waals surface area contributed by atoms with Gasteiger partial charge in [0.2, 0.25) is 0 Å². The number of ether oxygens (including phenoxy) is 5. The number of nitrogens with zero attached hydrogens (tertiary/aromatic N) is 3. The molecule has 1 unspecified atom stereocenters. The molecule has 2 heterocycles. The molecule has 1 N–H and O–H groups in total. The molecule has 1 saturated heterocycles. The Hall–Kier alpha value is -3.10. The lowest BCUT2D eigenvalue weighted by Gasteiger charge is -2.32. The number of carbonyl (C=O) groups excluding carboxylic acids is 3. The number of aryl methyl sites for hydroxylation is 2. The van der Waals surface area contributed by atoms with Gasteiger partial charge in [0.25, 0.3) is 0 Å². The number of fused-ring (bicyclic) bond motifs is 1. The number of amides is 1. The van der Waals surface area contributed by atoms with E-state index in [-0.39, 0.29) is 35.8 Å². The summed E-state index contributed by atoms with van der Waals surface area (Å²) in [5, 5.41) is 2.96. The molecule has 2 aromatic rings. The molecular formula is C35H54N4O9. The van der Waals surface area contributed by atoms with Crippen LogP contribution >= 0.6 is 0 Å². The Bertz CT molecular complexity index is 1410. The molecule has 1 aromatic carbocycles. The van der Waals surface area contributed by atoms with Gasteiger partial charge in [-0.15, -0.1) is 0 Å². The van der Waals surface area contributed by atoms with E-state index >= 15 is 0 Å². The van der Waals surface area contributed by atoms with Crippen LogP contribution in [0, 0.1) is 0 Å². The summed E-state index contributed by atoms with van der Waals surface area (Å²) in [6.45, 7) is 12.5. The summed E-state index contributed by atoms with van der Waals surface area (Å²) in [6, 6.07) is 5.36. The number of ketones is 2. The number of piperidine rings is 1. The number of carbonyl (C=O) groups is 3. The first kappa shape index (κ1) is 37.7. The highest BCUT2D eigenvalue weighted by molar-refractivity contribution is 6.03. The highest BCUT2D eigenvalue weighted by Crippen LogP contribution is 2.28. The molecule has 268 valence electrons. The van der Waals surface area contributed by atoms with Crippen molar-refractivity contribution in [1.29, 1.82) is 0 Å². The largest absolute Gasteiger partial charge is 0.444 e. The molecule has 1 saturated carbocycles. The first-order valence-corrected chi connectivity index (χ1v) is 17.3. The van der Waals surface area contributed by atoms with Crippen LogP contribution in [0.2, 0.25) is 0 Å². The number of nitrogens with one attached hydrogen (secondary N) is 1. The van der Waals surface area contributed by atoms with Crippen LogP contribution in [0.5, 0.6) is 0 Å². The van der Waals surface area contributed by atoms with E-state index in [0.717, 1.165) is 61.9 Å². The van der Waals surface area contributed by atoms with Gasteiger partial charge in [-0.05, 0) is 64.5 Å². The number of rotatable bonds is 18. The van der Waals surface area contributed by atoms with Gasteiger partial charge in [-0.2, -0.15) is 0 Å². The lowest BCUT2D eigenvalue weighted by molar-refractivity contribution is -0.132. The van der Waals surface area contributed by atoms with Crippen molar-refractivity contribution in [3.8, 4) is 0 Å². The van der Waals surface area contributed by atoms with Crippen molar-refractivity contribution in [2.75, 3.05) is 72.5 Å². The Morgan fingerprint density at radius 2 is 1.50 bits per heavy atom. The fourth-order valence-electron chi connectivity index (χ4n) is 6.25. The van der Waals surface area contributed by atoms with Crippen LogP contribution in [0.4, 0.5) is 4.79 Å². The van der Waals surface area contributed by atoms with E-state index in [1.807, 2.05) is 39.0 Å². The Morgan fingerprint density at radius 1 is 0.875 bits per heavy atom. The second-order valence-electron chi connectivity index (χ2n) is 13.5. The number of Topliss-reactive ketones (excluding diaryl/α,β-unsaturated/α-hetero) is 2. The molecule has 2 fully saturated rings. The van der Waals surface area contributed by atoms with Gasteiger partial charge >= 0.3 is 11.8 Å². The van der Waals surface area contributed by atoms with Crippen molar-refractivity contribution in [3.63, 3.8) is 0 Å². The zero-order valence-corrected chi connectivity index (χ0v) is 29.1. The molecule has 1 aromatic heterocycles. The molecule has 1 aliphatic carbocycles. The van der Waals surface area contributed by atoms with Crippen molar-refractivity contribution >= 4 is 28.7 Å². The summed E-state index contributed by atoms with van der Waals surface area (Å²) in [5.41, 5.74) is 1.88. The maximum absolute atomic E-state index is 13.1. The zero-order chi connectivity index (χ0) is 34.5. The van der Waals surface area contributed by atoms with E-state index in [1.165, 1.54) is 0 Å². The molecule has 4 rings (SSSR count). The number of para-hydroxylation sites is 1. The molecule has 0 radical (unpaired) electrons. The third-order valence-corrected chi connectivity index (χ3v) is 8.65. The highest BCUT2D eigenvalue weighted by atomic mass is 16.6. The molecular weight excluding hydrogens is 620 g/mol. The fourth-order valence-corrected chi connectivity index (χ4v) is 6.25. The first-order chi connectivity index (χ1) is 23.0. The zero-order valence-electron chi connectivity index (χ0n) is 29.1. The van der Waals surface area contributed by atoms with Crippen LogP contribution in [-0.2, 0) is 46.7 Å². The number of imidazole rings is 1. The van der Waals surface area contributed by atoms with E-state index in [0.29, 0.717) is 65.7 Å². The third-order valence-electron chi connectivity index (χ3n) is 8.65. The van der Waals surface area contributed by atoms with Gasteiger partial charge in [0.15, 0.2) is 5.78 Å². The smallest absolute Gasteiger partial charge is 0.407 e. The van der Waals surface area contributed by atoms with Crippen molar-refractivity contribution in [3.05, 3.63) is 34.2 Å². The van der Waals surface area contributed by atoms with Crippen LogP contribution in [0.1, 0.15) is 70.9 Å². The Balaban J connectivity index is 0.984. The molecule has 2 aliphatic rings. The lowest BCUT2D eigenvalue weighted by atomic mass is 9.92. The number of alkyl carbamates (subject to hydrolysis) is 1. The predicted octanol–water partition coefficient (Wildman–Crippen LogP) is 3.19. The molecule has 0 spiro atoms. The number of benzene rings is 1. The number of likely N-dealkylation sites (tertiary alicyclic amines) is 1. The highest BCUT2D eigenvalue weighted by Gasteiger charge is 2.31. The molecule has 48 heavy (non-hydrogen) atoms. The SMILES string of the molecule is Cn1c(=O)n(C2CCC(=O)CC2=O)c2cccc(CCCOCCOCCOCCOCCN3CCC(NC(=O)OC(C)(C)C)CC3)c21. The van der Waals surface area contributed by atoms with Crippen LogP contribution in [0.3, 0.4) is 0 Å². The van der Waals surface area contributed by atoms with Gasteiger partial charge in [0.05, 0.1) is 69.7 Å². The predicted molar refractivity (Wildman–Crippen MR) is 181 cm³/mol. The minimum atomic E-state index is -0.584. The van der Waals surface area contributed by atoms with Crippen LogP contribution < -0.4 is 11.0 Å². The van der Waals surface area contributed by atoms with E-state index < -0.39 is 11.6 Å². The maximum Gasteiger partial charge on any atom is 0.407 e. The summed E-state index contributed by atoms with van der Waals surface area (Å²) in [7, 11) is 1.73. The van der Waals surface area contributed by atoms with Crippen molar-refractivity contribution in [2.24, 2.45) is 7.05 Å². The van der Waals surface area contributed by atoms with E-state index in [4.69, 9.17) is 23.7 Å². The second kappa shape index (κ2) is 18.6. The first-order valence-electron chi connectivity index (χ1n) is 17.3. The summed E-state index contributed by atoms with van der Waals surface area (Å²) in [6.07, 6.45) is 3.57. The van der Waals surface area contributed by atoms with Crippen LogP contribution in [-0.4, -0.2) is 116 Å². The molecule has 1 atom stereocenters. The minimum absolute atomic E-state index is 0.0573. The van der Waals surface area contributed by atoms with Crippen LogP contribution in [0.15, 0.2) is 23.0 Å². The minimum Gasteiger partial charge on any atom is -0.444 e. The molecule has 1 amide bonds. The van der Waals surface area contributed by atoms with Gasteiger partial charge in [0, 0.05) is 45.8 Å². The maximum atomic E-state index is 13.1. The van der Waals surface area contributed by atoms with Gasteiger partial charge in [0.1, 0.15) is 11.4 Å². The average Bonchev–Trinajstić information content (AvgIpc) is 3.28. The standard InChI is InChI=1S/C35H54N4O9/c1-35(2,3)48-33(42)36-27-12-14-38(15-13-27)16-18-45-20-22-47-24-23-46-21-19-44-17-6-8-26-7-5-9-30-32(26)37(4)34(43)39(30)29-11-10-28(40)25-31(29)41/h5,7,9,27,29H,6,8,10-25H2,1-4H3,(H,36,42). The summed E-state index contributed by atoms with van der Waals surface area (Å²) >= 11 is 0. The number of hydrogen-bond donors (Lipinski definition) is 1. The fraction of sp³-hybridized carbons (Fsp3) is 0.714. The third kappa shape index (κ3) is 11.5. The Morgan fingerprint density at radius 3 is 2.12 bits per heavy atom. The van der Waals surface area contributed by atoms with Crippen molar-refractivity contribution in [1.82, 2.24) is 19.4 Å². The quantitative estimate of drug-likeness (QED) is 0.185. The van der Waals surface area contributed by atoms with Gasteiger partial charge in [-0.3, -0.25) is 18.7 Å². The summed E-state index contributed by atoms with van der Waals surface area (Å²) in [4.78, 5) is 51.7.